The molecular weight excluding hydrogens is 274 g/mol. The molecule has 1 amide bonds. The van der Waals surface area contributed by atoms with Crippen molar-refractivity contribution < 1.29 is 14.7 Å². The molecule has 0 saturated carbocycles. The lowest BCUT2D eigenvalue weighted by Crippen LogP contribution is -2.47. The van der Waals surface area contributed by atoms with Gasteiger partial charge in [0.1, 0.15) is 0 Å². The largest absolute Gasteiger partial charge is 0.481 e. The molecule has 1 heterocycles. The van der Waals surface area contributed by atoms with Crippen molar-refractivity contribution in [1.29, 1.82) is 0 Å². The maximum atomic E-state index is 12.7. The van der Waals surface area contributed by atoms with Crippen molar-refractivity contribution in [3.05, 3.63) is 34.9 Å². The lowest BCUT2D eigenvalue weighted by atomic mass is 10.0. The van der Waals surface area contributed by atoms with Crippen LogP contribution in [-0.4, -0.2) is 46.0 Å². The number of aryl methyl sites for hydroxylation is 1. The molecule has 1 aromatic rings. The third-order valence-electron chi connectivity index (χ3n) is 3.73. The molecule has 20 heavy (non-hydrogen) atoms. The Hall–Kier alpha value is -1.49. The monoisotopic (exact) mass is 293 g/mol. The van der Waals surface area contributed by atoms with Gasteiger partial charge < -0.3 is 10.0 Å². The van der Waals surface area contributed by atoms with Crippen LogP contribution in [0.1, 0.15) is 27.9 Å². The van der Waals surface area contributed by atoms with E-state index >= 15 is 0 Å². The molecule has 0 radical (unpaired) electrons. The van der Waals surface area contributed by atoms with Gasteiger partial charge in [0.2, 0.25) is 0 Å². The van der Waals surface area contributed by atoms with Crippen LogP contribution in [0.3, 0.4) is 0 Å². The maximum Gasteiger partial charge on any atom is 0.305 e. The van der Waals surface area contributed by atoms with Crippen LogP contribution >= 0.6 is 11.8 Å². The van der Waals surface area contributed by atoms with E-state index in [1.54, 1.807) is 16.7 Å². The maximum absolute atomic E-state index is 12.7. The van der Waals surface area contributed by atoms with Crippen molar-refractivity contribution in [1.82, 2.24) is 4.90 Å². The van der Waals surface area contributed by atoms with Gasteiger partial charge >= 0.3 is 5.97 Å². The van der Waals surface area contributed by atoms with Gasteiger partial charge in [-0.3, -0.25) is 9.59 Å². The van der Waals surface area contributed by atoms with Crippen molar-refractivity contribution in [2.75, 3.05) is 18.1 Å². The minimum atomic E-state index is -0.851. The van der Waals surface area contributed by atoms with Gasteiger partial charge in [0.25, 0.3) is 5.91 Å². The third-order valence-corrected chi connectivity index (χ3v) is 4.83. The minimum Gasteiger partial charge on any atom is -0.481 e. The zero-order chi connectivity index (χ0) is 14.7. The van der Waals surface area contributed by atoms with Gasteiger partial charge in [-0.2, -0.15) is 11.8 Å². The van der Waals surface area contributed by atoms with Crippen LogP contribution in [0.15, 0.2) is 18.2 Å². The van der Waals surface area contributed by atoms with Crippen LogP contribution in [0.2, 0.25) is 0 Å². The van der Waals surface area contributed by atoms with Crippen molar-refractivity contribution in [2.45, 2.75) is 26.3 Å². The summed E-state index contributed by atoms with van der Waals surface area (Å²) in [5.41, 5.74) is 2.74. The Morgan fingerprint density at radius 2 is 2.15 bits per heavy atom. The summed E-state index contributed by atoms with van der Waals surface area (Å²) in [6.45, 7) is 4.54. The predicted octanol–water partition coefficient (Wildman–Crippen LogP) is 2.34. The Morgan fingerprint density at radius 1 is 1.40 bits per heavy atom. The Kier molecular flexibility index (Phi) is 4.70. The second kappa shape index (κ2) is 6.31. The van der Waals surface area contributed by atoms with Crippen LogP contribution in [0.5, 0.6) is 0 Å². The fourth-order valence-electron chi connectivity index (χ4n) is 2.43. The molecule has 0 spiro atoms. The van der Waals surface area contributed by atoms with Gasteiger partial charge in [-0.1, -0.05) is 12.1 Å². The van der Waals surface area contributed by atoms with E-state index in [0.717, 1.165) is 16.9 Å². The summed E-state index contributed by atoms with van der Waals surface area (Å²) in [4.78, 5) is 25.4. The highest BCUT2D eigenvalue weighted by molar-refractivity contribution is 7.99. The van der Waals surface area contributed by atoms with Crippen molar-refractivity contribution in [2.24, 2.45) is 0 Å². The molecule has 1 aromatic carbocycles. The Balaban J connectivity index is 2.25. The average molecular weight is 293 g/mol. The van der Waals surface area contributed by atoms with Gasteiger partial charge in [-0.05, 0) is 31.0 Å². The zero-order valence-electron chi connectivity index (χ0n) is 11.8. The van der Waals surface area contributed by atoms with E-state index in [0.29, 0.717) is 17.9 Å². The van der Waals surface area contributed by atoms with E-state index in [2.05, 4.69) is 0 Å². The first-order valence-corrected chi connectivity index (χ1v) is 7.83. The molecule has 0 aliphatic carbocycles. The summed E-state index contributed by atoms with van der Waals surface area (Å²) < 4.78 is 0. The zero-order valence-corrected chi connectivity index (χ0v) is 12.6. The first-order valence-electron chi connectivity index (χ1n) is 6.67. The topological polar surface area (TPSA) is 57.6 Å². The van der Waals surface area contributed by atoms with Gasteiger partial charge in [0.15, 0.2) is 0 Å². The fourth-order valence-corrected chi connectivity index (χ4v) is 3.49. The summed E-state index contributed by atoms with van der Waals surface area (Å²) in [6.07, 6.45) is 0.0175. The Morgan fingerprint density at radius 3 is 2.85 bits per heavy atom. The van der Waals surface area contributed by atoms with Crippen molar-refractivity contribution in [3.63, 3.8) is 0 Å². The van der Waals surface area contributed by atoms with Crippen LogP contribution in [0.25, 0.3) is 0 Å². The van der Waals surface area contributed by atoms with Crippen molar-refractivity contribution in [3.8, 4) is 0 Å². The molecule has 0 bridgehead atoms. The second-order valence-corrected chi connectivity index (χ2v) is 6.22. The number of benzene rings is 1. The average Bonchev–Trinajstić information content (AvgIpc) is 2.41. The second-order valence-electron chi connectivity index (χ2n) is 5.07. The predicted molar refractivity (Wildman–Crippen MR) is 80.3 cm³/mol. The number of rotatable bonds is 3. The summed E-state index contributed by atoms with van der Waals surface area (Å²) >= 11 is 1.71. The molecule has 1 fully saturated rings. The highest BCUT2D eigenvalue weighted by Gasteiger charge is 2.30. The van der Waals surface area contributed by atoms with E-state index < -0.39 is 5.97 Å². The standard InChI is InChI=1S/C15H19NO3S/c1-10-4-3-5-13(11(10)2)15(19)16-6-7-20-9-12(16)8-14(17)18/h3-5,12H,6-9H2,1-2H3,(H,17,18). The van der Waals surface area contributed by atoms with Gasteiger partial charge in [-0.25, -0.2) is 0 Å². The quantitative estimate of drug-likeness (QED) is 0.929. The lowest BCUT2D eigenvalue weighted by molar-refractivity contribution is -0.138. The molecule has 1 saturated heterocycles. The van der Waals surface area contributed by atoms with Crippen LogP contribution < -0.4 is 0 Å². The summed E-state index contributed by atoms with van der Waals surface area (Å²) in [5, 5.41) is 8.99. The van der Waals surface area contributed by atoms with E-state index in [9.17, 15) is 9.59 Å². The van der Waals surface area contributed by atoms with E-state index in [1.165, 1.54) is 0 Å². The Bertz CT molecular complexity index is 530. The molecular formula is C15H19NO3S. The number of amides is 1. The first-order chi connectivity index (χ1) is 9.50. The smallest absolute Gasteiger partial charge is 0.305 e. The molecule has 0 aromatic heterocycles. The number of hydrogen-bond acceptors (Lipinski definition) is 3. The molecule has 5 heteroatoms. The van der Waals surface area contributed by atoms with E-state index in [-0.39, 0.29) is 18.4 Å². The molecule has 108 valence electrons. The molecule has 1 aliphatic rings. The Labute approximate surface area is 123 Å². The first kappa shape index (κ1) is 14.9. The van der Waals surface area contributed by atoms with Gasteiger partial charge in [0.05, 0.1) is 12.5 Å². The lowest BCUT2D eigenvalue weighted by Gasteiger charge is -2.35. The number of nitrogens with zero attached hydrogens (tertiary/aromatic N) is 1. The molecule has 1 atom stereocenters. The van der Waals surface area contributed by atoms with Crippen molar-refractivity contribution >= 4 is 23.6 Å². The molecule has 1 N–H and O–H groups in total. The van der Waals surface area contributed by atoms with E-state index in [4.69, 9.17) is 5.11 Å². The highest BCUT2D eigenvalue weighted by Crippen LogP contribution is 2.23. The minimum absolute atomic E-state index is 0.0175. The van der Waals surface area contributed by atoms with Crippen LogP contribution in [0.4, 0.5) is 0 Å². The molecule has 1 aliphatic heterocycles. The summed E-state index contributed by atoms with van der Waals surface area (Å²) in [5.74, 6) is 0.671. The molecule has 1 unspecified atom stereocenters. The number of hydrogen-bond donors (Lipinski definition) is 1. The number of carboxylic acid groups (broad SMARTS) is 1. The summed E-state index contributed by atoms with van der Waals surface area (Å²) in [7, 11) is 0. The van der Waals surface area contributed by atoms with Gasteiger partial charge in [-0.15, -0.1) is 0 Å². The highest BCUT2D eigenvalue weighted by atomic mass is 32.2. The number of carbonyl (C=O) groups is 2. The van der Waals surface area contributed by atoms with Crippen LogP contribution in [-0.2, 0) is 4.79 Å². The SMILES string of the molecule is Cc1cccc(C(=O)N2CCSCC2CC(=O)O)c1C. The molecule has 2 rings (SSSR count). The number of aliphatic carboxylic acids is 1. The summed E-state index contributed by atoms with van der Waals surface area (Å²) in [6, 6.07) is 5.47. The molecule has 4 nitrogen and oxygen atoms in total. The van der Waals surface area contributed by atoms with Gasteiger partial charge in [0, 0.05) is 23.6 Å². The fraction of sp³-hybridized carbons (Fsp3) is 0.467. The number of thioether (sulfide) groups is 1. The number of carboxylic acids is 1. The normalized spacial score (nSPS) is 18.9. The third kappa shape index (κ3) is 3.15. The number of carbonyl (C=O) groups excluding carboxylic acids is 1. The van der Waals surface area contributed by atoms with E-state index in [1.807, 2.05) is 32.0 Å². The van der Waals surface area contributed by atoms with Crippen LogP contribution in [0, 0.1) is 13.8 Å².